The van der Waals surface area contributed by atoms with Crippen LogP contribution >= 0.6 is 11.8 Å². The molecule has 2 heterocycles. The van der Waals surface area contributed by atoms with Crippen LogP contribution in [0.3, 0.4) is 0 Å². The second-order valence-electron chi connectivity index (χ2n) is 6.58. The van der Waals surface area contributed by atoms with Gasteiger partial charge in [-0.15, -0.1) is 10.2 Å². The van der Waals surface area contributed by atoms with Gasteiger partial charge in [-0.1, -0.05) is 48.2 Å². The fourth-order valence-corrected chi connectivity index (χ4v) is 3.86. The van der Waals surface area contributed by atoms with Gasteiger partial charge in [0.05, 0.1) is 5.69 Å². The summed E-state index contributed by atoms with van der Waals surface area (Å²) in [6, 6.07) is 20.3. The zero-order valence-electron chi connectivity index (χ0n) is 14.7. The van der Waals surface area contributed by atoms with E-state index in [4.69, 9.17) is 4.42 Å². The van der Waals surface area contributed by atoms with Crippen molar-refractivity contribution >= 4 is 11.8 Å². The fraction of sp³-hybridized carbons (Fsp3) is 0.190. The summed E-state index contributed by atoms with van der Waals surface area (Å²) < 4.78 is 7.82. The van der Waals surface area contributed by atoms with Crippen LogP contribution in [-0.4, -0.2) is 19.7 Å². The van der Waals surface area contributed by atoms with Crippen molar-refractivity contribution in [3.63, 3.8) is 0 Å². The molecule has 0 aliphatic heterocycles. The highest BCUT2D eigenvalue weighted by atomic mass is 32.2. The van der Waals surface area contributed by atoms with E-state index >= 15 is 0 Å². The summed E-state index contributed by atoms with van der Waals surface area (Å²) in [7, 11) is 0. The Morgan fingerprint density at radius 3 is 2.44 bits per heavy atom. The van der Waals surface area contributed by atoms with Crippen LogP contribution in [0.25, 0.3) is 17.1 Å². The van der Waals surface area contributed by atoms with Crippen molar-refractivity contribution in [3.05, 3.63) is 78.4 Å². The van der Waals surface area contributed by atoms with Crippen LogP contribution in [0.1, 0.15) is 30.3 Å². The molecule has 4 aromatic rings. The Morgan fingerprint density at radius 2 is 1.70 bits per heavy atom. The van der Waals surface area contributed by atoms with E-state index in [1.165, 1.54) is 12.8 Å². The van der Waals surface area contributed by atoms with Crippen LogP contribution in [0.4, 0.5) is 0 Å². The monoisotopic (exact) mass is 374 g/mol. The summed E-state index contributed by atoms with van der Waals surface area (Å²) in [5.41, 5.74) is 2.99. The molecule has 2 aromatic carbocycles. The molecule has 0 bridgehead atoms. The topological polar surface area (TPSA) is 56.7 Å². The fourth-order valence-electron chi connectivity index (χ4n) is 3.03. The number of benzene rings is 2. The summed E-state index contributed by atoms with van der Waals surface area (Å²) >= 11 is 1.64. The quantitative estimate of drug-likeness (QED) is 0.440. The second-order valence-corrected chi connectivity index (χ2v) is 7.53. The molecule has 6 heteroatoms. The summed E-state index contributed by atoms with van der Waals surface area (Å²) in [5.74, 6) is 2.93. The molecule has 0 spiro atoms. The molecule has 1 saturated carbocycles. The van der Waals surface area contributed by atoms with Gasteiger partial charge in [-0.2, -0.15) is 0 Å². The third-order valence-electron chi connectivity index (χ3n) is 4.54. The molecule has 5 rings (SSSR count). The first-order chi connectivity index (χ1) is 13.4. The average Bonchev–Trinajstić information content (AvgIpc) is 3.31. The van der Waals surface area contributed by atoms with Gasteiger partial charge in [0.25, 0.3) is 0 Å². The number of oxazole rings is 1. The highest BCUT2D eigenvalue weighted by Gasteiger charge is 2.31. The van der Waals surface area contributed by atoms with Gasteiger partial charge in [-0.25, -0.2) is 4.98 Å². The molecule has 1 fully saturated rings. The summed E-state index contributed by atoms with van der Waals surface area (Å²) in [6.07, 6.45) is 4.11. The van der Waals surface area contributed by atoms with E-state index < -0.39 is 0 Å². The molecule has 0 N–H and O–H groups in total. The zero-order valence-corrected chi connectivity index (χ0v) is 15.5. The van der Waals surface area contributed by atoms with E-state index in [0.717, 1.165) is 27.9 Å². The van der Waals surface area contributed by atoms with E-state index in [1.807, 2.05) is 48.5 Å². The molecule has 2 aromatic heterocycles. The van der Waals surface area contributed by atoms with Crippen molar-refractivity contribution < 1.29 is 4.42 Å². The Hall–Kier alpha value is -2.86. The number of para-hydroxylation sites is 1. The lowest BCUT2D eigenvalue weighted by Gasteiger charge is -2.09. The van der Waals surface area contributed by atoms with Crippen molar-refractivity contribution in [1.29, 1.82) is 0 Å². The van der Waals surface area contributed by atoms with Gasteiger partial charge in [0.2, 0.25) is 5.89 Å². The van der Waals surface area contributed by atoms with Gasteiger partial charge in [0.15, 0.2) is 5.16 Å². The normalized spacial score (nSPS) is 13.8. The van der Waals surface area contributed by atoms with Gasteiger partial charge < -0.3 is 4.42 Å². The Kier molecular flexibility index (Phi) is 4.26. The Bertz CT molecular complexity index is 1040. The zero-order chi connectivity index (χ0) is 18.1. The number of hydrogen-bond acceptors (Lipinski definition) is 5. The van der Waals surface area contributed by atoms with Gasteiger partial charge in [0.1, 0.15) is 12.1 Å². The first-order valence-electron chi connectivity index (χ1n) is 9.02. The average molecular weight is 374 g/mol. The SMILES string of the molecule is c1ccc(-c2nc(CSc3nnc(C4CC4)n3-c3ccccc3)co2)cc1. The molecule has 5 nitrogen and oxygen atoms in total. The number of hydrogen-bond donors (Lipinski definition) is 0. The minimum atomic E-state index is 0.531. The van der Waals surface area contributed by atoms with Crippen LogP contribution in [0.2, 0.25) is 0 Å². The summed E-state index contributed by atoms with van der Waals surface area (Å²) in [4.78, 5) is 4.61. The summed E-state index contributed by atoms with van der Waals surface area (Å²) in [6.45, 7) is 0. The first kappa shape index (κ1) is 16.3. The second kappa shape index (κ2) is 7.04. The van der Waals surface area contributed by atoms with Crippen LogP contribution < -0.4 is 0 Å². The lowest BCUT2D eigenvalue weighted by atomic mass is 10.2. The molecule has 0 radical (unpaired) electrons. The van der Waals surface area contributed by atoms with Crippen LogP contribution in [0.15, 0.2) is 76.5 Å². The predicted octanol–water partition coefficient (Wildman–Crippen LogP) is 5.09. The van der Waals surface area contributed by atoms with E-state index in [0.29, 0.717) is 17.6 Å². The largest absolute Gasteiger partial charge is 0.444 e. The number of rotatable bonds is 6. The third-order valence-corrected chi connectivity index (χ3v) is 5.50. The maximum absolute atomic E-state index is 5.64. The minimum Gasteiger partial charge on any atom is -0.444 e. The first-order valence-corrected chi connectivity index (χ1v) is 10.0. The van der Waals surface area contributed by atoms with Gasteiger partial charge >= 0.3 is 0 Å². The van der Waals surface area contributed by atoms with E-state index in [2.05, 4.69) is 31.9 Å². The Labute approximate surface area is 161 Å². The lowest BCUT2D eigenvalue weighted by Crippen LogP contribution is -2.01. The molecule has 0 atom stereocenters. The molecular formula is C21H18N4OS. The van der Waals surface area contributed by atoms with Crippen LogP contribution in [-0.2, 0) is 5.75 Å². The maximum atomic E-state index is 5.64. The van der Waals surface area contributed by atoms with Crippen LogP contribution in [0, 0.1) is 0 Å². The van der Waals surface area contributed by atoms with E-state index in [9.17, 15) is 0 Å². The molecule has 0 unspecified atom stereocenters. The van der Waals surface area contributed by atoms with Crippen LogP contribution in [0.5, 0.6) is 0 Å². The lowest BCUT2D eigenvalue weighted by molar-refractivity contribution is 0.573. The van der Waals surface area contributed by atoms with E-state index in [-0.39, 0.29) is 0 Å². The predicted molar refractivity (Wildman–Crippen MR) is 105 cm³/mol. The third kappa shape index (κ3) is 3.40. The molecule has 1 aliphatic rings. The van der Waals surface area contributed by atoms with Crippen molar-refractivity contribution in [3.8, 4) is 17.1 Å². The number of thioether (sulfide) groups is 1. The van der Waals surface area contributed by atoms with Gasteiger partial charge in [0, 0.05) is 22.9 Å². The number of aromatic nitrogens is 4. The highest BCUT2D eigenvalue weighted by molar-refractivity contribution is 7.98. The highest BCUT2D eigenvalue weighted by Crippen LogP contribution is 2.41. The minimum absolute atomic E-state index is 0.531. The van der Waals surface area contributed by atoms with Crippen molar-refractivity contribution in [2.24, 2.45) is 0 Å². The maximum Gasteiger partial charge on any atom is 0.226 e. The van der Waals surface area contributed by atoms with Crippen molar-refractivity contribution in [2.45, 2.75) is 29.7 Å². The Morgan fingerprint density at radius 1 is 0.963 bits per heavy atom. The van der Waals surface area contributed by atoms with Crippen molar-refractivity contribution in [2.75, 3.05) is 0 Å². The smallest absolute Gasteiger partial charge is 0.226 e. The molecule has 0 amide bonds. The molecule has 0 saturated heterocycles. The molecule has 1 aliphatic carbocycles. The molecular weight excluding hydrogens is 356 g/mol. The van der Waals surface area contributed by atoms with E-state index in [1.54, 1.807) is 18.0 Å². The summed E-state index contributed by atoms with van der Waals surface area (Å²) in [5, 5.41) is 9.81. The van der Waals surface area contributed by atoms with Crippen molar-refractivity contribution in [1.82, 2.24) is 19.7 Å². The standard InChI is InChI=1S/C21H18N4OS/c1-3-7-16(8-4-1)20-22-17(13-26-20)14-27-21-24-23-19(15-11-12-15)25(21)18-9-5-2-6-10-18/h1-10,13,15H,11-12,14H2. The Balaban J connectivity index is 1.38. The van der Waals surface area contributed by atoms with Gasteiger partial charge in [-0.05, 0) is 37.1 Å². The molecule has 27 heavy (non-hydrogen) atoms. The van der Waals surface area contributed by atoms with Gasteiger partial charge in [-0.3, -0.25) is 4.57 Å². The molecule has 134 valence electrons. The number of nitrogens with zero attached hydrogens (tertiary/aromatic N) is 4.